The molecule has 3 amide bonds. The van der Waals surface area contributed by atoms with Gasteiger partial charge in [-0.05, 0) is 25.1 Å². The highest BCUT2D eigenvalue weighted by Crippen LogP contribution is 2.30. The first kappa shape index (κ1) is 23.4. The molecule has 1 aromatic carbocycles. The predicted octanol–water partition coefficient (Wildman–Crippen LogP) is 0.370. The number of rotatable bonds is 6. The lowest BCUT2D eigenvalue weighted by molar-refractivity contribution is -0.134. The Labute approximate surface area is 194 Å². The maximum absolute atomic E-state index is 14.9. The van der Waals surface area contributed by atoms with E-state index >= 15 is 0 Å². The van der Waals surface area contributed by atoms with Crippen molar-refractivity contribution in [2.45, 2.75) is 13.0 Å². The Balaban J connectivity index is 1.44. The van der Waals surface area contributed by atoms with Crippen LogP contribution in [0.3, 0.4) is 0 Å². The van der Waals surface area contributed by atoms with E-state index in [-0.39, 0.29) is 18.0 Å². The number of carbonyl (C=O) groups excluding carboxylic acids is 3. The third-order valence-corrected chi connectivity index (χ3v) is 6.11. The molecule has 2 saturated heterocycles. The number of aliphatic hydroxyl groups is 1. The van der Waals surface area contributed by atoms with Gasteiger partial charge in [-0.3, -0.25) is 14.5 Å². The van der Waals surface area contributed by atoms with E-state index in [0.29, 0.717) is 43.4 Å². The summed E-state index contributed by atoms with van der Waals surface area (Å²) in [4.78, 5) is 48.6. The zero-order chi connectivity index (χ0) is 24.4. The number of primary amides is 1. The molecule has 2 aliphatic rings. The second-order valence-corrected chi connectivity index (χ2v) is 8.19. The van der Waals surface area contributed by atoms with Crippen LogP contribution >= 0.6 is 0 Å². The van der Waals surface area contributed by atoms with Gasteiger partial charge in [0.25, 0.3) is 0 Å². The summed E-state index contributed by atoms with van der Waals surface area (Å²) >= 11 is 0. The molecule has 180 valence electrons. The second kappa shape index (κ2) is 9.59. The Morgan fingerprint density at radius 1 is 1.24 bits per heavy atom. The molecular weight excluding hydrogens is 447 g/mol. The molecular formula is C22H25FN6O5. The van der Waals surface area contributed by atoms with Crippen molar-refractivity contribution < 1.29 is 28.6 Å². The van der Waals surface area contributed by atoms with Crippen LogP contribution in [0.5, 0.6) is 0 Å². The molecule has 0 spiro atoms. The Bertz CT molecular complexity index is 1090. The largest absolute Gasteiger partial charge is 0.443 e. The lowest BCUT2D eigenvalue weighted by atomic mass is 10.0. The molecule has 1 aromatic heterocycles. The highest BCUT2D eigenvalue weighted by Gasteiger charge is 2.38. The first-order chi connectivity index (χ1) is 16.3. The van der Waals surface area contributed by atoms with E-state index in [9.17, 15) is 18.8 Å². The van der Waals surface area contributed by atoms with E-state index in [1.807, 2.05) is 4.90 Å². The molecule has 2 fully saturated rings. The van der Waals surface area contributed by atoms with Gasteiger partial charge in [0, 0.05) is 49.7 Å². The average molecular weight is 472 g/mol. The Hall–Kier alpha value is -3.80. The van der Waals surface area contributed by atoms with Crippen molar-refractivity contribution in [3.05, 3.63) is 36.4 Å². The lowest BCUT2D eigenvalue weighted by Crippen LogP contribution is -2.50. The molecule has 11 nitrogen and oxygen atoms in total. The highest BCUT2D eigenvalue weighted by atomic mass is 19.1. The second-order valence-electron chi connectivity index (χ2n) is 8.19. The van der Waals surface area contributed by atoms with Crippen LogP contribution in [0, 0.1) is 11.7 Å². The van der Waals surface area contributed by atoms with Gasteiger partial charge >= 0.3 is 6.09 Å². The summed E-state index contributed by atoms with van der Waals surface area (Å²) in [6.45, 7) is 3.12. The van der Waals surface area contributed by atoms with Crippen molar-refractivity contribution in [3.8, 4) is 11.1 Å². The number of hydrogen-bond donors (Lipinski definition) is 2. The summed E-state index contributed by atoms with van der Waals surface area (Å²) in [5.41, 5.74) is 6.32. The van der Waals surface area contributed by atoms with Gasteiger partial charge in [-0.1, -0.05) is 0 Å². The van der Waals surface area contributed by atoms with E-state index in [1.165, 1.54) is 29.4 Å². The van der Waals surface area contributed by atoms with Gasteiger partial charge in [0.2, 0.25) is 17.8 Å². The number of aromatic nitrogens is 2. The average Bonchev–Trinajstić information content (AvgIpc) is 3.24. The van der Waals surface area contributed by atoms with Gasteiger partial charge in [-0.2, -0.15) is 0 Å². The molecule has 2 atom stereocenters. The van der Waals surface area contributed by atoms with Crippen molar-refractivity contribution in [2.75, 3.05) is 49.1 Å². The molecule has 3 heterocycles. The van der Waals surface area contributed by atoms with Crippen LogP contribution < -0.4 is 15.5 Å². The molecule has 4 rings (SSSR count). The van der Waals surface area contributed by atoms with Crippen molar-refractivity contribution in [1.29, 1.82) is 0 Å². The van der Waals surface area contributed by atoms with Crippen LogP contribution in [0.1, 0.15) is 6.92 Å². The lowest BCUT2D eigenvalue weighted by Gasteiger charge is -2.34. The maximum atomic E-state index is 14.9. The molecule has 0 bridgehead atoms. The molecule has 12 heteroatoms. The third-order valence-electron chi connectivity index (χ3n) is 6.11. The number of nitrogens with two attached hydrogens (primary N) is 1. The van der Waals surface area contributed by atoms with E-state index in [2.05, 4.69) is 9.97 Å². The Morgan fingerprint density at radius 2 is 1.91 bits per heavy atom. The summed E-state index contributed by atoms with van der Waals surface area (Å²) in [6, 6.07) is 4.34. The number of anilines is 2. The number of nitrogens with zero attached hydrogens (tertiary/aromatic N) is 5. The minimum atomic E-state index is -0.697. The molecule has 0 aliphatic carbocycles. The fourth-order valence-corrected chi connectivity index (χ4v) is 3.92. The summed E-state index contributed by atoms with van der Waals surface area (Å²) in [6.07, 6.45) is 1.66. The molecule has 1 unspecified atom stereocenters. The summed E-state index contributed by atoms with van der Waals surface area (Å²) in [5, 5.41) is 8.97. The van der Waals surface area contributed by atoms with Gasteiger partial charge in [0.15, 0.2) is 0 Å². The van der Waals surface area contributed by atoms with E-state index in [4.69, 9.17) is 15.6 Å². The summed E-state index contributed by atoms with van der Waals surface area (Å²) < 4.78 is 20.1. The van der Waals surface area contributed by atoms with E-state index in [1.54, 1.807) is 17.9 Å². The fourth-order valence-electron chi connectivity index (χ4n) is 3.92. The zero-order valence-corrected chi connectivity index (χ0v) is 18.6. The predicted molar refractivity (Wildman–Crippen MR) is 119 cm³/mol. The number of hydrogen-bond acceptors (Lipinski definition) is 8. The number of halogens is 1. The molecule has 3 N–H and O–H groups in total. The monoisotopic (exact) mass is 472 g/mol. The smallest absolute Gasteiger partial charge is 0.414 e. The van der Waals surface area contributed by atoms with Crippen LogP contribution in [0.25, 0.3) is 11.1 Å². The molecule has 0 saturated carbocycles. The van der Waals surface area contributed by atoms with Gasteiger partial charge in [0.05, 0.1) is 18.2 Å². The summed E-state index contributed by atoms with van der Waals surface area (Å²) in [5.74, 6) is -1.65. The van der Waals surface area contributed by atoms with Crippen molar-refractivity contribution >= 4 is 29.5 Å². The van der Waals surface area contributed by atoms with Crippen LogP contribution in [-0.4, -0.2) is 83.3 Å². The Kier molecular flexibility index (Phi) is 6.59. The van der Waals surface area contributed by atoms with Gasteiger partial charge < -0.3 is 25.4 Å². The number of aliphatic hydroxyl groups excluding tert-OH is 1. The van der Waals surface area contributed by atoms with E-state index < -0.39 is 36.4 Å². The standard InChI is InChI=1S/C22H25FN6O5/c1-13(20(24)32)18-11-29(22(33)34-18)15-2-3-16(17(23)8-15)14-9-25-21(26-10-14)28-6-4-27(5-7-28)19(31)12-30/h2-3,8-10,13,18,30H,4-7,11-12H2,1H3,(H2,24,32)/t13-,18?/m0/s1. The minimum absolute atomic E-state index is 0.0939. The van der Waals surface area contributed by atoms with E-state index in [0.717, 1.165) is 0 Å². The number of benzene rings is 1. The normalized spacial score (nSPS) is 19.2. The van der Waals surface area contributed by atoms with Crippen LogP contribution in [0.15, 0.2) is 30.6 Å². The van der Waals surface area contributed by atoms with Gasteiger partial charge in [0.1, 0.15) is 18.5 Å². The van der Waals surface area contributed by atoms with Crippen molar-refractivity contribution in [1.82, 2.24) is 14.9 Å². The highest BCUT2D eigenvalue weighted by molar-refractivity contribution is 5.91. The number of ether oxygens (including phenoxy) is 1. The first-order valence-electron chi connectivity index (χ1n) is 10.8. The van der Waals surface area contributed by atoms with Crippen molar-refractivity contribution in [3.63, 3.8) is 0 Å². The Morgan fingerprint density at radius 3 is 2.50 bits per heavy atom. The quantitative estimate of drug-likeness (QED) is 0.614. The maximum Gasteiger partial charge on any atom is 0.414 e. The topological polar surface area (TPSA) is 142 Å². The number of piperazine rings is 1. The number of cyclic esters (lactones) is 1. The van der Waals surface area contributed by atoms with Crippen LogP contribution in [-0.2, 0) is 14.3 Å². The molecule has 0 radical (unpaired) electrons. The SMILES string of the molecule is C[C@H](C(N)=O)C1CN(c2ccc(-c3cnc(N4CCN(C(=O)CO)CC4)nc3)c(F)c2)C(=O)O1. The van der Waals surface area contributed by atoms with Crippen LogP contribution in [0.4, 0.5) is 20.8 Å². The molecule has 2 aliphatic heterocycles. The molecule has 2 aromatic rings. The van der Waals surface area contributed by atoms with Gasteiger partial charge in [-0.25, -0.2) is 19.2 Å². The summed E-state index contributed by atoms with van der Waals surface area (Å²) in [7, 11) is 0. The zero-order valence-electron chi connectivity index (χ0n) is 18.6. The molecule has 34 heavy (non-hydrogen) atoms. The van der Waals surface area contributed by atoms with Gasteiger partial charge in [-0.15, -0.1) is 0 Å². The number of carbonyl (C=O) groups is 3. The fraction of sp³-hybridized carbons (Fsp3) is 0.409. The third kappa shape index (κ3) is 4.62. The van der Waals surface area contributed by atoms with Crippen LogP contribution in [0.2, 0.25) is 0 Å². The minimum Gasteiger partial charge on any atom is -0.443 e. The number of amides is 3. The van der Waals surface area contributed by atoms with Crippen molar-refractivity contribution in [2.24, 2.45) is 11.7 Å². The first-order valence-corrected chi connectivity index (χ1v) is 10.8.